The van der Waals surface area contributed by atoms with E-state index in [2.05, 4.69) is 6.58 Å². The molecule has 0 spiro atoms. The molecule has 0 aromatic heterocycles. The zero-order chi connectivity index (χ0) is 8.20. The third-order valence-electron chi connectivity index (χ3n) is 1.02. The summed E-state index contributed by atoms with van der Waals surface area (Å²) in [6.07, 6.45) is -1.50. The van der Waals surface area contributed by atoms with E-state index in [0.29, 0.717) is 0 Å². The lowest BCUT2D eigenvalue weighted by Gasteiger charge is -2.13. The number of alkyl halides is 3. The van der Waals surface area contributed by atoms with Gasteiger partial charge in [0.15, 0.2) is 0 Å². The summed E-state index contributed by atoms with van der Waals surface area (Å²) in [5, 5.41) is 0. The molecule has 0 saturated carbocycles. The van der Waals surface area contributed by atoms with Crippen LogP contribution in [-0.2, 0) is 0 Å². The maximum Gasteiger partial charge on any atom is 0.254 e. The van der Waals surface area contributed by atoms with Crippen molar-refractivity contribution in [1.29, 1.82) is 0 Å². The van der Waals surface area contributed by atoms with Crippen molar-refractivity contribution in [3.8, 4) is 0 Å². The maximum absolute atomic E-state index is 12.4. The Labute approximate surface area is 58.7 Å². The molecule has 0 nitrogen and oxygen atoms in total. The summed E-state index contributed by atoms with van der Waals surface area (Å²) in [6.45, 7) is 4.27. The van der Waals surface area contributed by atoms with Crippen LogP contribution >= 0.6 is 0 Å². The minimum Gasteiger partial charge on any atom is -0.248 e. The molecule has 0 fully saturated rings. The van der Waals surface area contributed by atoms with Gasteiger partial charge >= 0.3 is 0 Å². The molecule has 3 heteroatoms. The van der Waals surface area contributed by atoms with Crippen molar-refractivity contribution in [3.05, 3.63) is 12.7 Å². The summed E-state index contributed by atoms with van der Waals surface area (Å²) in [6, 6.07) is 0. The van der Waals surface area contributed by atoms with E-state index >= 15 is 0 Å². The number of hydrogen-bond acceptors (Lipinski definition) is 0. The molecule has 1 atom stereocenters. The van der Waals surface area contributed by atoms with Crippen molar-refractivity contribution in [1.82, 2.24) is 0 Å². The first-order valence-corrected chi connectivity index (χ1v) is 3.11. The van der Waals surface area contributed by atoms with Crippen LogP contribution in [0.1, 0.15) is 19.8 Å². The summed E-state index contributed by atoms with van der Waals surface area (Å²) in [4.78, 5) is 0. The zero-order valence-electron chi connectivity index (χ0n) is 5.91. The van der Waals surface area contributed by atoms with E-state index in [1.807, 2.05) is 0 Å². The van der Waals surface area contributed by atoms with Crippen LogP contribution in [0.4, 0.5) is 13.2 Å². The molecular weight excluding hydrogens is 141 g/mol. The first-order chi connectivity index (χ1) is 4.48. The van der Waals surface area contributed by atoms with Crippen LogP contribution in [0, 0.1) is 0 Å². The Morgan fingerprint density at radius 2 is 2.10 bits per heavy atom. The van der Waals surface area contributed by atoms with Crippen molar-refractivity contribution in [2.75, 3.05) is 0 Å². The van der Waals surface area contributed by atoms with Gasteiger partial charge < -0.3 is 0 Å². The third kappa shape index (κ3) is 4.41. The van der Waals surface area contributed by atoms with Gasteiger partial charge in [-0.2, -0.15) is 0 Å². The predicted octanol–water partition coefficient (Wildman–Crippen LogP) is 2.95. The van der Waals surface area contributed by atoms with Crippen molar-refractivity contribution < 1.29 is 13.2 Å². The number of allylic oxidation sites excluding steroid dienone is 1. The fourth-order valence-electron chi connectivity index (χ4n) is 0.706. The molecule has 0 amide bonds. The highest BCUT2D eigenvalue weighted by Gasteiger charge is 2.29. The Morgan fingerprint density at radius 3 is 2.40 bits per heavy atom. The molecule has 0 aliphatic rings. The number of halogens is 3. The van der Waals surface area contributed by atoms with Crippen LogP contribution in [0.3, 0.4) is 0 Å². The fraction of sp³-hybridized carbons (Fsp3) is 0.714. The average Bonchev–Trinajstić information content (AvgIpc) is 1.59. The van der Waals surface area contributed by atoms with E-state index in [-0.39, 0.29) is 0 Å². The standard InChI is InChI=1S/C7H11F3/c1-3-4-7(9,10)5-6(2)8/h3,6H,1,4-5H2,2H3. The predicted molar refractivity (Wildman–Crippen MR) is 34.9 cm³/mol. The van der Waals surface area contributed by atoms with E-state index in [0.717, 1.165) is 13.0 Å². The Hall–Kier alpha value is -0.470. The Bertz CT molecular complexity index is 107. The summed E-state index contributed by atoms with van der Waals surface area (Å²) < 4.78 is 36.7. The maximum atomic E-state index is 12.4. The van der Waals surface area contributed by atoms with Crippen molar-refractivity contribution in [2.24, 2.45) is 0 Å². The minimum atomic E-state index is -2.92. The first kappa shape index (κ1) is 9.53. The van der Waals surface area contributed by atoms with Gasteiger partial charge in [-0.1, -0.05) is 6.08 Å². The second kappa shape index (κ2) is 3.64. The molecule has 0 rings (SSSR count). The molecule has 0 aromatic carbocycles. The molecular formula is C7H11F3. The summed E-state index contributed by atoms with van der Waals surface area (Å²) in [5.74, 6) is -2.92. The highest BCUT2D eigenvalue weighted by Crippen LogP contribution is 2.25. The number of hydrogen-bond donors (Lipinski definition) is 0. The second-order valence-corrected chi connectivity index (χ2v) is 2.33. The van der Waals surface area contributed by atoms with Crippen LogP contribution in [-0.4, -0.2) is 12.1 Å². The van der Waals surface area contributed by atoms with Crippen LogP contribution in [0.15, 0.2) is 12.7 Å². The SMILES string of the molecule is C=CCC(F)(F)CC(C)F. The van der Waals surface area contributed by atoms with Crippen molar-refractivity contribution >= 4 is 0 Å². The van der Waals surface area contributed by atoms with Gasteiger partial charge in [-0.05, 0) is 6.92 Å². The van der Waals surface area contributed by atoms with Crippen molar-refractivity contribution in [2.45, 2.75) is 31.9 Å². The van der Waals surface area contributed by atoms with Gasteiger partial charge in [-0.25, -0.2) is 13.2 Å². The van der Waals surface area contributed by atoms with Crippen LogP contribution in [0.2, 0.25) is 0 Å². The summed E-state index contributed by atoms with van der Waals surface area (Å²) >= 11 is 0. The largest absolute Gasteiger partial charge is 0.254 e. The average molecular weight is 152 g/mol. The molecule has 0 N–H and O–H groups in total. The molecule has 0 bridgehead atoms. The molecule has 10 heavy (non-hydrogen) atoms. The van der Waals surface area contributed by atoms with Gasteiger partial charge in [0, 0.05) is 12.8 Å². The topological polar surface area (TPSA) is 0 Å². The van der Waals surface area contributed by atoms with Gasteiger partial charge in [0.2, 0.25) is 0 Å². The highest BCUT2D eigenvalue weighted by molar-refractivity contribution is 4.79. The lowest BCUT2D eigenvalue weighted by atomic mass is 10.1. The highest BCUT2D eigenvalue weighted by atomic mass is 19.3. The molecule has 60 valence electrons. The molecule has 0 aliphatic carbocycles. The molecule has 0 aliphatic heterocycles. The second-order valence-electron chi connectivity index (χ2n) is 2.33. The summed E-state index contributed by atoms with van der Waals surface area (Å²) in [7, 11) is 0. The van der Waals surface area contributed by atoms with Crippen LogP contribution < -0.4 is 0 Å². The molecule has 0 saturated heterocycles. The molecule has 0 radical (unpaired) electrons. The minimum absolute atomic E-state index is 0.443. The van der Waals surface area contributed by atoms with E-state index in [1.54, 1.807) is 0 Å². The van der Waals surface area contributed by atoms with Crippen LogP contribution in [0.5, 0.6) is 0 Å². The molecule has 1 unspecified atom stereocenters. The lowest BCUT2D eigenvalue weighted by molar-refractivity contribution is -0.0223. The Morgan fingerprint density at radius 1 is 1.60 bits per heavy atom. The smallest absolute Gasteiger partial charge is 0.248 e. The molecule has 0 aromatic rings. The lowest BCUT2D eigenvalue weighted by Crippen LogP contribution is -2.19. The first-order valence-electron chi connectivity index (χ1n) is 3.11. The van der Waals surface area contributed by atoms with E-state index in [9.17, 15) is 13.2 Å². The van der Waals surface area contributed by atoms with Crippen molar-refractivity contribution in [3.63, 3.8) is 0 Å². The Balaban J connectivity index is 3.73. The normalized spacial score (nSPS) is 14.8. The Kier molecular flexibility index (Phi) is 3.47. The quantitative estimate of drug-likeness (QED) is 0.543. The zero-order valence-corrected chi connectivity index (χ0v) is 5.91. The monoisotopic (exact) mass is 152 g/mol. The molecule has 0 heterocycles. The van der Waals surface area contributed by atoms with Gasteiger partial charge in [0.1, 0.15) is 6.17 Å². The van der Waals surface area contributed by atoms with Crippen LogP contribution in [0.25, 0.3) is 0 Å². The summed E-state index contributed by atoms with van der Waals surface area (Å²) in [5.41, 5.74) is 0. The third-order valence-corrected chi connectivity index (χ3v) is 1.02. The van der Waals surface area contributed by atoms with Gasteiger partial charge in [-0.3, -0.25) is 0 Å². The number of rotatable bonds is 4. The fourth-order valence-corrected chi connectivity index (χ4v) is 0.706. The van der Waals surface area contributed by atoms with Gasteiger partial charge in [0.25, 0.3) is 5.92 Å². The van der Waals surface area contributed by atoms with E-state index in [1.165, 1.54) is 0 Å². The van der Waals surface area contributed by atoms with E-state index < -0.39 is 24.9 Å². The van der Waals surface area contributed by atoms with Gasteiger partial charge in [0.05, 0.1) is 0 Å². The van der Waals surface area contributed by atoms with E-state index in [4.69, 9.17) is 0 Å². The van der Waals surface area contributed by atoms with Gasteiger partial charge in [-0.15, -0.1) is 6.58 Å².